The van der Waals surface area contributed by atoms with Crippen LogP contribution in [0.3, 0.4) is 0 Å². The zero-order valence-corrected chi connectivity index (χ0v) is 13.8. The first-order valence-electron chi connectivity index (χ1n) is 8.37. The Bertz CT molecular complexity index is 1330. The third-order valence-electron chi connectivity index (χ3n) is 5.03. The molecule has 0 bridgehead atoms. The number of nitriles is 1. The predicted octanol–water partition coefficient (Wildman–Crippen LogP) is 6.72. The average Bonchev–Trinajstić information content (AvgIpc) is 2.71. The first-order chi connectivity index (χ1) is 12.8. The summed E-state index contributed by atoms with van der Waals surface area (Å²) >= 11 is 0. The van der Waals surface area contributed by atoms with Gasteiger partial charge in [0.1, 0.15) is 0 Å². The minimum atomic E-state index is 0.664. The van der Waals surface area contributed by atoms with Gasteiger partial charge in [0.05, 0.1) is 18.2 Å². The van der Waals surface area contributed by atoms with E-state index in [0.717, 1.165) is 21.5 Å². The average molecular weight is 328 g/mol. The highest BCUT2D eigenvalue weighted by atomic mass is 14.6. The van der Waals surface area contributed by atoms with Crippen LogP contribution in [0.2, 0.25) is 0 Å². The van der Waals surface area contributed by atoms with Crippen molar-refractivity contribution >= 4 is 48.8 Å². The molecule has 0 heterocycles. The highest BCUT2D eigenvalue weighted by Crippen LogP contribution is 2.34. The fraction of sp³-hybridized carbons (Fsp3) is 0. The van der Waals surface area contributed by atoms with E-state index in [4.69, 9.17) is 11.8 Å². The molecule has 118 valence electrons. The fourth-order valence-corrected chi connectivity index (χ4v) is 3.75. The van der Waals surface area contributed by atoms with Crippen molar-refractivity contribution in [1.29, 1.82) is 5.26 Å². The predicted molar refractivity (Wildman–Crippen MR) is 107 cm³/mol. The zero-order valence-electron chi connectivity index (χ0n) is 13.8. The van der Waals surface area contributed by atoms with Crippen LogP contribution >= 0.6 is 0 Å². The van der Waals surface area contributed by atoms with Gasteiger partial charge in [-0.2, -0.15) is 5.26 Å². The molecule has 0 aliphatic heterocycles. The molecular formula is C24H12N2. The Labute approximate surface area is 150 Å². The van der Waals surface area contributed by atoms with Crippen LogP contribution in [-0.4, -0.2) is 0 Å². The van der Waals surface area contributed by atoms with Crippen molar-refractivity contribution in [2.45, 2.75) is 0 Å². The third-order valence-corrected chi connectivity index (χ3v) is 5.03. The van der Waals surface area contributed by atoms with Crippen LogP contribution in [0.1, 0.15) is 5.56 Å². The van der Waals surface area contributed by atoms with Gasteiger partial charge in [-0.25, -0.2) is 4.85 Å². The topological polar surface area (TPSA) is 28.1 Å². The summed E-state index contributed by atoms with van der Waals surface area (Å²) in [4.78, 5) is 3.53. The molecule has 0 saturated carbocycles. The normalized spacial score (nSPS) is 11.0. The van der Waals surface area contributed by atoms with Crippen molar-refractivity contribution in [3.63, 3.8) is 0 Å². The number of nitrogens with zero attached hydrogens (tertiary/aromatic N) is 2. The highest BCUT2D eigenvalue weighted by molar-refractivity contribution is 6.17. The van der Waals surface area contributed by atoms with E-state index < -0.39 is 0 Å². The van der Waals surface area contributed by atoms with Gasteiger partial charge < -0.3 is 0 Å². The van der Waals surface area contributed by atoms with Gasteiger partial charge in [-0.1, -0.05) is 42.5 Å². The Morgan fingerprint density at radius 2 is 1.15 bits per heavy atom. The summed E-state index contributed by atoms with van der Waals surface area (Å²) in [5, 5.41) is 18.4. The van der Waals surface area contributed by atoms with Gasteiger partial charge in [0.25, 0.3) is 0 Å². The maximum absolute atomic E-state index is 9.12. The van der Waals surface area contributed by atoms with Gasteiger partial charge in [-0.05, 0) is 73.4 Å². The SMILES string of the molecule is [C-]#[N+]c1ccc2c(ccc3cc4c(ccc5cc(C#N)ccc54)cc32)c1. The molecule has 5 aromatic carbocycles. The minimum absolute atomic E-state index is 0.664. The van der Waals surface area contributed by atoms with Crippen molar-refractivity contribution in [3.05, 3.63) is 89.8 Å². The number of hydrogen-bond acceptors (Lipinski definition) is 1. The standard InChI is InChI=1S/C24H12N2/c1-26-20-7-9-22-17(11-20)4-6-19-12-23-18(13-24(19)22)5-3-16-10-15(14-25)2-8-21(16)23/h2-13H. The third kappa shape index (κ3) is 2.04. The summed E-state index contributed by atoms with van der Waals surface area (Å²) in [5.74, 6) is 0. The maximum Gasteiger partial charge on any atom is 0.187 e. The first kappa shape index (κ1) is 14.5. The number of rotatable bonds is 0. The molecule has 0 unspecified atom stereocenters. The highest BCUT2D eigenvalue weighted by Gasteiger charge is 2.07. The Hall–Kier alpha value is -3.88. The van der Waals surface area contributed by atoms with Crippen LogP contribution in [0.25, 0.3) is 47.9 Å². The smallest absolute Gasteiger partial charge is 0.187 e. The largest absolute Gasteiger partial charge is 0.238 e. The number of benzene rings is 5. The molecule has 0 aromatic heterocycles. The lowest BCUT2D eigenvalue weighted by Crippen LogP contribution is -1.83. The van der Waals surface area contributed by atoms with Crippen LogP contribution in [0, 0.1) is 17.9 Å². The second-order valence-electron chi connectivity index (χ2n) is 6.49. The molecule has 5 aromatic rings. The van der Waals surface area contributed by atoms with E-state index in [-0.39, 0.29) is 0 Å². The molecule has 0 N–H and O–H groups in total. The molecule has 0 atom stereocenters. The Balaban J connectivity index is 1.89. The molecule has 0 radical (unpaired) electrons. The molecule has 5 rings (SSSR count). The monoisotopic (exact) mass is 328 g/mol. The summed E-state index contributed by atoms with van der Waals surface area (Å²) in [7, 11) is 0. The summed E-state index contributed by atoms with van der Waals surface area (Å²) in [6.07, 6.45) is 0. The molecule has 0 amide bonds. The lowest BCUT2D eigenvalue weighted by atomic mass is 9.95. The first-order valence-corrected chi connectivity index (χ1v) is 8.37. The van der Waals surface area contributed by atoms with Crippen LogP contribution in [0.15, 0.2) is 72.8 Å². The lowest BCUT2D eigenvalue weighted by Gasteiger charge is -2.09. The van der Waals surface area contributed by atoms with Crippen molar-refractivity contribution < 1.29 is 0 Å². The molecule has 0 fully saturated rings. The summed E-state index contributed by atoms with van der Waals surface area (Å²) < 4.78 is 0. The summed E-state index contributed by atoms with van der Waals surface area (Å²) in [5.41, 5.74) is 1.34. The van der Waals surface area contributed by atoms with Crippen molar-refractivity contribution in [2.24, 2.45) is 0 Å². The van der Waals surface area contributed by atoms with E-state index in [1.165, 1.54) is 21.5 Å². The van der Waals surface area contributed by atoms with Crippen molar-refractivity contribution in [3.8, 4) is 6.07 Å². The Morgan fingerprint density at radius 3 is 1.73 bits per heavy atom. The van der Waals surface area contributed by atoms with Gasteiger partial charge >= 0.3 is 0 Å². The molecular weight excluding hydrogens is 316 g/mol. The molecule has 0 spiro atoms. The number of hydrogen-bond donors (Lipinski definition) is 0. The van der Waals surface area contributed by atoms with E-state index in [2.05, 4.69) is 47.3 Å². The van der Waals surface area contributed by atoms with Crippen LogP contribution in [-0.2, 0) is 0 Å². The van der Waals surface area contributed by atoms with E-state index >= 15 is 0 Å². The van der Waals surface area contributed by atoms with E-state index in [9.17, 15) is 0 Å². The van der Waals surface area contributed by atoms with Crippen LogP contribution < -0.4 is 0 Å². The van der Waals surface area contributed by atoms with Gasteiger partial charge in [0.2, 0.25) is 0 Å². The van der Waals surface area contributed by atoms with Crippen LogP contribution in [0.4, 0.5) is 5.69 Å². The minimum Gasteiger partial charge on any atom is -0.238 e. The molecule has 0 saturated heterocycles. The quantitative estimate of drug-likeness (QED) is 0.176. The maximum atomic E-state index is 9.12. The van der Waals surface area contributed by atoms with Gasteiger partial charge in [-0.3, -0.25) is 0 Å². The van der Waals surface area contributed by atoms with Gasteiger partial charge in [0.15, 0.2) is 5.69 Å². The molecule has 0 aliphatic rings. The second-order valence-corrected chi connectivity index (χ2v) is 6.49. The van der Waals surface area contributed by atoms with E-state index in [1.54, 1.807) is 0 Å². The molecule has 2 heteroatoms. The fourth-order valence-electron chi connectivity index (χ4n) is 3.75. The van der Waals surface area contributed by atoms with Gasteiger partial charge in [-0.15, -0.1) is 0 Å². The van der Waals surface area contributed by atoms with E-state index in [0.29, 0.717) is 11.3 Å². The molecule has 0 aliphatic carbocycles. The van der Waals surface area contributed by atoms with Gasteiger partial charge in [0, 0.05) is 0 Å². The van der Waals surface area contributed by atoms with Crippen LogP contribution in [0.5, 0.6) is 0 Å². The lowest BCUT2D eigenvalue weighted by molar-refractivity contribution is 1.50. The number of fused-ring (bicyclic) bond motifs is 6. The molecule has 2 nitrogen and oxygen atoms in total. The van der Waals surface area contributed by atoms with Crippen molar-refractivity contribution in [1.82, 2.24) is 0 Å². The summed E-state index contributed by atoms with van der Waals surface area (Å²) in [6, 6.07) is 26.7. The second kappa shape index (κ2) is 5.31. The van der Waals surface area contributed by atoms with E-state index in [1.807, 2.05) is 36.4 Å². The Morgan fingerprint density at radius 1 is 0.615 bits per heavy atom. The Kier molecular flexibility index (Phi) is 2.95. The summed E-state index contributed by atoms with van der Waals surface area (Å²) in [6.45, 7) is 7.20. The zero-order chi connectivity index (χ0) is 17.7. The van der Waals surface area contributed by atoms with Crippen molar-refractivity contribution in [2.75, 3.05) is 0 Å². The molecule has 26 heavy (non-hydrogen) atoms.